The number of carbonyl (C=O) groups excluding carboxylic acids is 1. The molecule has 1 fully saturated rings. The van der Waals surface area contributed by atoms with Gasteiger partial charge in [0.1, 0.15) is 5.52 Å². The lowest BCUT2D eigenvalue weighted by Gasteiger charge is -2.32. The van der Waals surface area contributed by atoms with E-state index >= 15 is 0 Å². The molecular formula is C24H29N5O3. The maximum atomic E-state index is 13.5. The van der Waals surface area contributed by atoms with Gasteiger partial charge < -0.3 is 15.0 Å². The van der Waals surface area contributed by atoms with Crippen LogP contribution in [0.5, 0.6) is 0 Å². The first-order valence-corrected chi connectivity index (χ1v) is 11.1. The molecule has 0 unspecified atom stereocenters. The Bertz CT molecular complexity index is 1120. The lowest BCUT2D eigenvalue weighted by molar-refractivity contribution is -0.125. The molecule has 1 saturated heterocycles. The molecule has 32 heavy (non-hydrogen) atoms. The number of nitrogens with zero attached hydrogens (tertiary/aromatic N) is 4. The molecule has 3 aromatic rings. The number of piperidine rings is 1. The molecule has 3 heterocycles. The molecule has 1 aliphatic heterocycles. The van der Waals surface area contributed by atoms with Crippen molar-refractivity contribution in [2.45, 2.75) is 25.8 Å². The minimum absolute atomic E-state index is 0.0258. The van der Waals surface area contributed by atoms with Crippen molar-refractivity contribution in [2.24, 2.45) is 5.92 Å². The lowest BCUT2D eigenvalue weighted by Crippen LogP contribution is -2.46. The van der Waals surface area contributed by atoms with Crippen molar-refractivity contribution >= 4 is 22.9 Å². The van der Waals surface area contributed by atoms with Crippen molar-refractivity contribution in [3.63, 3.8) is 0 Å². The number of hydrogen-bond acceptors (Lipinski definition) is 6. The van der Waals surface area contributed by atoms with Crippen LogP contribution >= 0.6 is 0 Å². The van der Waals surface area contributed by atoms with Crippen molar-refractivity contribution in [1.82, 2.24) is 19.9 Å². The molecule has 1 amide bonds. The van der Waals surface area contributed by atoms with Crippen LogP contribution < -0.4 is 15.8 Å². The molecule has 0 radical (unpaired) electrons. The van der Waals surface area contributed by atoms with Gasteiger partial charge in [0.05, 0.1) is 12.5 Å². The van der Waals surface area contributed by atoms with Crippen LogP contribution in [0.3, 0.4) is 0 Å². The van der Waals surface area contributed by atoms with Gasteiger partial charge in [-0.05, 0) is 37.0 Å². The van der Waals surface area contributed by atoms with Gasteiger partial charge >= 0.3 is 0 Å². The van der Waals surface area contributed by atoms with Crippen molar-refractivity contribution in [2.75, 3.05) is 38.3 Å². The summed E-state index contributed by atoms with van der Waals surface area (Å²) in [5.74, 6) is 0.246. The Hall–Kier alpha value is -3.26. The molecule has 1 atom stereocenters. The number of pyridine rings is 1. The van der Waals surface area contributed by atoms with E-state index in [2.05, 4.69) is 15.3 Å². The highest BCUT2D eigenvalue weighted by molar-refractivity contribution is 5.79. The monoisotopic (exact) mass is 435 g/mol. The molecule has 4 rings (SSSR count). The molecular weight excluding hydrogens is 406 g/mol. The minimum atomic E-state index is -0.179. The Morgan fingerprint density at radius 1 is 1.22 bits per heavy atom. The number of benzene rings is 1. The smallest absolute Gasteiger partial charge is 0.295 e. The maximum Gasteiger partial charge on any atom is 0.295 e. The molecule has 8 nitrogen and oxygen atoms in total. The third-order valence-corrected chi connectivity index (χ3v) is 5.78. The molecule has 1 N–H and O–H groups in total. The molecule has 0 spiro atoms. The average molecular weight is 436 g/mol. The number of aromatic nitrogens is 3. The summed E-state index contributed by atoms with van der Waals surface area (Å²) in [5.41, 5.74) is 2.07. The van der Waals surface area contributed by atoms with E-state index in [0.717, 1.165) is 24.8 Å². The summed E-state index contributed by atoms with van der Waals surface area (Å²) in [6.45, 7) is 2.81. The summed E-state index contributed by atoms with van der Waals surface area (Å²) in [7, 11) is 1.65. The zero-order valence-electron chi connectivity index (χ0n) is 18.4. The van der Waals surface area contributed by atoms with Crippen molar-refractivity contribution in [1.29, 1.82) is 0 Å². The fourth-order valence-electron chi connectivity index (χ4n) is 4.14. The van der Waals surface area contributed by atoms with Crippen LogP contribution in [-0.4, -0.2) is 53.8 Å². The predicted molar refractivity (Wildman–Crippen MR) is 124 cm³/mol. The van der Waals surface area contributed by atoms with E-state index in [0.29, 0.717) is 49.8 Å². The van der Waals surface area contributed by atoms with E-state index in [1.54, 1.807) is 17.9 Å². The Kier molecular flexibility index (Phi) is 7.11. The normalized spacial score (nSPS) is 16.3. The van der Waals surface area contributed by atoms with Gasteiger partial charge in [0, 0.05) is 39.5 Å². The SMILES string of the molecule is COCCCNC(=O)[C@H]1CCCN(c2nc3cccnc3n(Cc3ccccc3)c2=O)C1. The van der Waals surface area contributed by atoms with Gasteiger partial charge in [-0.3, -0.25) is 14.2 Å². The van der Waals surface area contributed by atoms with E-state index < -0.39 is 0 Å². The van der Waals surface area contributed by atoms with Crippen LogP contribution in [0.15, 0.2) is 53.5 Å². The zero-order chi connectivity index (χ0) is 22.3. The van der Waals surface area contributed by atoms with E-state index in [4.69, 9.17) is 4.74 Å². The van der Waals surface area contributed by atoms with Crippen LogP contribution in [0.1, 0.15) is 24.8 Å². The van der Waals surface area contributed by atoms with Crippen LogP contribution in [0.4, 0.5) is 5.82 Å². The lowest BCUT2D eigenvalue weighted by atomic mass is 9.97. The third kappa shape index (κ3) is 4.96. The fourth-order valence-corrected chi connectivity index (χ4v) is 4.14. The summed E-state index contributed by atoms with van der Waals surface area (Å²) < 4.78 is 6.72. The molecule has 0 saturated carbocycles. The number of anilines is 1. The topological polar surface area (TPSA) is 89.3 Å². The van der Waals surface area contributed by atoms with Gasteiger partial charge in [-0.1, -0.05) is 30.3 Å². The van der Waals surface area contributed by atoms with E-state index in [1.807, 2.05) is 47.4 Å². The quantitative estimate of drug-likeness (QED) is 0.546. The van der Waals surface area contributed by atoms with Gasteiger partial charge in [-0.25, -0.2) is 9.97 Å². The first-order chi connectivity index (χ1) is 15.7. The number of carbonyl (C=O) groups is 1. The molecule has 0 bridgehead atoms. The largest absolute Gasteiger partial charge is 0.385 e. The van der Waals surface area contributed by atoms with Crippen molar-refractivity contribution < 1.29 is 9.53 Å². The summed E-state index contributed by atoms with van der Waals surface area (Å²) in [4.78, 5) is 37.2. The molecule has 168 valence electrons. The van der Waals surface area contributed by atoms with Crippen LogP contribution in [0.2, 0.25) is 0 Å². The van der Waals surface area contributed by atoms with Crippen molar-refractivity contribution in [3.8, 4) is 0 Å². The van der Waals surface area contributed by atoms with Gasteiger partial charge in [0.2, 0.25) is 5.91 Å². The highest BCUT2D eigenvalue weighted by atomic mass is 16.5. The highest BCUT2D eigenvalue weighted by Crippen LogP contribution is 2.22. The number of rotatable bonds is 8. The first kappa shape index (κ1) is 22.0. The van der Waals surface area contributed by atoms with E-state index in [1.165, 1.54) is 0 Å². The van der Waals surface area contributed by atoms with Gasteiger partial charge in [-0.2, -0.15) is 0 Å². The summed E-state index contributed by atoms with van der Waals surface area (Å²) in [6.07, 6.45) is 4.10. The molecule has 1 aromatic carbocycles. The van der Waals surface area contributed by atoms with Gasteiger partial charge in [0.15, 0.2) is 11.5 Å². The first-order valence-electron chi connectivity index (χ1n) is 11.1. The second kappa shape index (κ2) is 10.4. The number of methoxy groups -OCH3 is 1. The standard InChI is InChI=1S/C24H29N5O3/c1-32-15-7-13-26-23(30)19-10-6-14-28(17-19)22-24(31)29(16-18-8-3-2-4-9-18)21-20(27-22)11-5-12-25-21/h2-5,8-9,11-12,19H,6-7,10,13-17H2,1H3,(H,26,30)/t19-/m0/s1. The van der Waals surface area contributed by atoms with Gasteiger partial charge in [-0.15, -0.1) is 0 Å². The van der Waals surface area contributed by atoms with E-state index in [9.17, 15) is 9.59 Å². The minimum Gasteiger partial charge on any atom is -0.385 e. The number of amides is 1. The summed E-state index contributed by atoms with van der Waals surface area (Å²) >= 11 is 0. The Labute approximate surface area is 187 Å². The van der Waals surface area contributed by atoms with Crippen LogP contribution in [0, 0.1) is 5.92 Å². The summed E-state index contributed by atoms with van der Waals surface area (Å²) in [6, 6.07) is 13.5. The second-order valence-corrected chi connectivity index (χ2v) is 8.08. The maximum absolute atomic E-state index is 13.5. The number of nitrogens with one attached hydrogen (secondary N) is 1. The number of hydrogen-bond donors (Lipinski definition) is 1. The third-order valence-electron chi connectivity index (χ3n) is 5.78. The molecule has 2 aromatic heterocycles. The fraction of sp³-hybridized carbons (Fsp3) is 0.417. The zero-order valence-corrected chi connectivity index (χ0v) is 18.4. The van der Waals surface area contributed by atoms with E-state index in [-0.39, 0.29) is 17.4 Å². The molecule has 8 heteroatoms. The second-order valence-electron chi connectivity index (χ2n) is 8.08. The van der Waals surface area contributed by atoms with Gasteiger partial charge in [0.25, 0.3) is 5.56 Å². The molecule has 1 aliphatic rings. The molecule has 0 aliphatic carbocycles. The predicted octanol–water partition coefficient (Wildman–Crippen LogP) is 2.21. The Morgan fingerprint density at radius 3 is 2.88 bits per heavy atom. The number of fused-ring (bicyclic) bond motifs is 1. The van der Waals surface area contributed by atoms with Crippen LogP contribution in [-0.2, 0) is 16.1 Å². The highest BCUT2D eigenvalue weighted by Gasteiger charge is 2.28. The number of ether oxygens (including phenoxy) is 1. The van der Waals surface area contributed by atoms with Crippen LogP contribution in [0.25, 0.3) is 11.2 Å². The average Bonchev–Trinajstić information content (AvgIpc) is 2.84. The summed E-state index contributed by atoms with van der Waals surface area (Å²) in [5, 5.41) is 2.99. The van der Waals surface area contributed by atoms with Crippen molar-refractivity contribution in [3.05, 3.63) is 64.6 Å². The Balaban J connectivity index is 1.60. The Morgan fingerprint density at radius 2 is 2.06 bits per heavy atom.